The Morgan fingerprint density at radius 2 is 2.12 bits per heavy atom. The largest absolute Gasteiger partial charge is 0.454 e. The van der Waals surface area contributed by atoms with Gasteiger partial charge in [0.1, 0.15) is 10.2 Å². The number of hydrogen-bond acceptors (Lipinski definition) is 7. The summed E-state index contributed by atoms with van der Waals surface area (Å²) >= 11 is 2.82. The highest BCUT2D eigenvalue weighted by Gasteiger charge is 2.23. The minimum absolute atomic E-state index is 0.0662. The first-order chi connectivity index (χ1) is 12.2. The Balaban J connectivity index is 1.55. The summed E-state index contributed by atoms with van der Waals surface area (Å²) in [5.41, 5.74) is 2.04. The van der Waals surface area contributed by atoms with Crippen molar-refractivity contribution in [3.8, 4) is 11.5 Å². The van der Waals surface area contributed by atoms with E-state index in [1.165, 1.54) is 29.4 Å². The molecule has 0 spiro atoms. The number of thioether (sulfide) groups is 1. The third kappa shape index (κ3) is 2.38. The van der Waals surface area contributed by atoms with Crippen LogP contribution in [0.3, 0.4) is 0 Å². The average Bonchev–Trinajstić information content (AvgIpc) is 3.21. The Morgan fingerprint density at radius 3 is 3.04 bits per heavy atom. The lowest BCUT2D eigenvalue weighted by molar-refractivity contribution is -0.113. The molecule has 1 aromatic carbocycles. The van der Waals surface area contributed by atoms with Gasteiger partial charge in [0.05, 0.1) is 28.5 Å². The van der Waals surface area contributed by atoms with Crippen LogP contribution in [0.5, 0.6) is 11.5 Å². The molecule has 0 saturated heterocycles. The summed E-state index contributed by atoms with van der Waals surface area (Å²) in [5.74, 6) is 1.70. The lowest BCUT2D eigenvalue weighted by Crippen LogP contribution is -2.21. The number of aromatic nitrogens is 2. The number of ether oxygens (including phenoxy) is 2. The van der Waals surface area contributed by atoms with Crippen LogP contribution in [0.1, 0.15) is 5.56 Å². The predicted octanol–water partition coefficient (Wildman–Crippen LogP) is 2.28. The molecule has 5 rings (SSSR count). The van der Waals surface area contributed by atoms with E-state index < -0.39 is 0 Å². The van der Waals surface area contributed by atoms with Gasteiger partial charge in [0.15, 0.2) is 11.5 Å². The molecule has 9 heteroatoms. The van der Waals surface area contributed by atoms with Gasteiger partial charge in [-0.05, 0) is 17.7 Å². The quantitative estimate of drug-likeness (QED) is 0.742. The molecule has 0 aliphatic carbocycles. The van der Waals surface area contributed by atoms with Crippen LogP contribution in [0.2, 0.25) is 0 Å². The smallest absolute Gasteiger partial charge is 0.271 e. The zero-order valence-electron chi connectivity index (χ0n) is 12.8. The molecule has 0 saturated carbocycles. The van der Waals surface area contributed by atoms with Crippen molar-refractivity contribution in [3.63, 3.8) is 0 Å². The maximum Gasteiger partial charge on any atom is 0.271 e. The molecule has 25 heavy (non-hydrogen) atoms. The number of rotatable bonds is 2. The van der Waals surface area contributed by atoms with Crippen molar-refractivity contribution < 1.29 is 14.3 Å². The van der Waals surface area contributed by atoms with E-state index in [2.05, 4.69) is 10.3 Å². The van der Waals surface area contributed by atoms with Crippen molar-refractivity contribution >= 4 is 44.9 Å². The number of carbonyl (C=O) groups is 1. The second kappa shape index (κ2) is 5.50. The number of benzene rings is 1. The van der Waals surface area contributed by atoms with E-state index in [0.29, 0.717) is 39.7 Å². The normalized spacial score (nSPS) is 15.3. The summed E-state index contributed by atoms with van der Waals surface area (Å²) in [4.78, 5) is 28.8. The minimum atomic E-state index is -0.114. The van der Waals surface area contributed by atoms with Gasteiger partial charge in [-0.15, -0.1) is 23.1 Å². The molecule has 3 aromatic rings. The lowest BCUT2D eigenvalue weighted by atomic mass is 10.2. The van der Waals surface area contributed by atoms with E-state index in [0.717, 1.165) is 9.77 Å². The summed E-state index contributed by atoms with van der Waals surface area (Å²) in [5, 5.41) is 2.82. The summed E-state index contributed by atoms with van der Waals surface area (Å²) in [6, 6.07) is 5.61. The van der Waals surface area contributed by atoms with E-state index in [4.69, 9.17) is 9.47 Å². The van der Waals surface area contributed by atoms with E-state index in [1.54, 1.807) is 4.57 Å². The number of nitrogens with zero attached hydrogens (tertiary/aromatic N) is 2. The molecule has 1 amide bonds. The molecule has 126 valence electrons. The van der Waals surface area contributed by atoms with Gasteiger partial charge in [0.2, 0.25) is 12.7 Å². The number of hydrogen-bond donors (Lipinski definition) is 1. The van der Waals surface area contributed by atoms with Crippen LogP contribution in [-0.4, -0.2) is 28.0 Å². The molecule has 0 atom stereocenters. The standard InChI is InChI=1S/C16H11N3O4S2/c20-11-5-24-16-13(18-11)12-14(25-16)15(21)19(6-17-12)4-8-1-2-9-10(3-8)23-7-22-9/h1-3,6H,4-5,7H2,(H,18,20). The van der Waals surface area contributed by atoms with Crippen molar-refractivity contribution in [2.24, 2.45) is 0 Å². The second-order valence-corrected chi connectivity index (χ2v) is 7.91. The average molecular weight is 373 g/mol. The SMILES string of the molecule is O=C1CSc2sc3c(=O)n(Cc4ccc5c(c4)OCO5)cnc3c2N1. The molecule has 7 nitrogen and oxygen atoms in total. The molecule has 2 aromatic heterocycles. The fourth-order valence-electron chi connectivity index (χ4n) is 2.85. The van der Waals surface area contributed by atoms with Gasteiger partial charge >= 0.3 is 0 Å². The van der Waals surface area contributed by atoms with Gasteiger partial charge in [0, 0.05) is 0 Å². The third-order valence-electron chi connectivity index (χ3n) is 4.02. The van der Waals surface area contributed by atoms with Crippen molar-refractivity contribution in [1.29, 1.82) is 0 Å². The monoisotopic (exact) mass is 373 g/mol. The molecule has 0 fully saturated rings. The Kier molecular flexibility index (Phi) is 3.25. The van der Waals surface area contributed by atoms with Crippen LogP contribution < -0.4 is 20.3 Å². The van der Waals surface area contributed by atoms with Crippen LogP contribution in [0.15, 0.2) is 33.5 Å². The maximum atomic E-state index is 12.8. The molecule has 0 radical (unpaired) electrons. The van der Waals surface area contributed by atoms with Crippen molar-refractivity contribution in [2.75, 3.05) is 17.9 Å². The van der Waals surface area contributed by atoms with Gasteiger partial charge in [-0.1, -0.05) is 6.07 Å². The molecule has 2 aliphatic rings. The fraction of sp³-hybridized carbons (Fsp3) is 0.188. The number of thiophene rings is 1. The fourth-order valence-corrected chi connectivity index (χ4v) is 5.03. The second-order valence-electron chi connectivity index (χ2n) is 5.64. The van der Waals surface area contributed by atoms with Crippen LogP contribution >= 0.6 is 23.1 Å². The molecule has 0 unspecified atom stereocenters. The summed E-state index contributed by atoms with van der Waals surface area (Å²) < 4.78 is 13.7. The molecule has 4 heterocycles. The number of nitrogens with one attached hydrogen (secondary N) is 1. The summed E-state index contributed by atoms with van der Waals surface area (Å²) in [6.07, 6.45) is 1.52. The number of fused-ring (bicyclic) bond motifs is 4. The first kappa shape index (κ1) is 14.8. The highest BCUT2D eigenvalue weighted by Crippen LogP contribution is 2.42. The van der Waals surface area contributed by atoms with E-state index >= 15 is 0 Å². The van der Waals surface area contributed by atoms with Crippen LogP contribution in [0.4, 0.5) is 5.69 Å². The topological polar surface area (TPSA) is 82.5 Å². The number of anilines is 1. The highest BCUT2D eigenvalue weighted by molar-refractivity contribution is 8.02. The number of carbonyl (C=O) groups excluding carboxylic acids is 1. The van der Waals surface area contributed by atoms with E-state index in [9.17, 15) is 9.59 Å². The van der Waals surface area contributed by atoms with Crippen LogP contribution in [0.25, 0.3) is 10.2 Å². The zero-order valence-corrected chi connectivity index (χ0v) is 14.4. The Morgan fingerprint density at radius 1 is 1.24 bits per heavy atom. The highest BCUT2D eigenvalue weighted by atomic mass is 32.2. The van der Waals surface area contributed by atoms with Gasteiger partial charge in [-0.3, -0.25) is 14.2 Å². The first-order valence-electron chi connectivity index (χ1n) is 7.52. The zero-order chi connectivity index (χ0) is 17.0. The lowest BCUT2D eigenvalue weighted by Gasteiger charge is -2.11. The van der Waals surface area contributed by atoms with Gasteiger partial charge < -0.3 is 14.8 Å². The Labute approximate surface area is 149 Å². The van der Waals surface area contributed by atoms with Crippen molar-refractivity contribution in [2.45, 2.75) is 10.8 Å². The maximum absolute atomic E-state index is 12.8. The molecular formula is C16H11N3O4S2. The van der Waals surface area contributed by atoms with Crippen molar-refractivity contribution in [1.82, 2.24) is 9.55 Å². The molecule has 1 N–H and O–H groups in total. The van der Waals surface area contributed by atoms with Crippen LogP contribution in [0, 0.1) is 0 Å². The number of amides is 1. The summed E-state index contributed by atoms with van der Waals surface area (Å²) in [7, 11) is 0. The Hall–Kier alpha value is -2.52. The van der Waals surface area contributed by atoms with Gasteiger partial charge in [-0.25, -0.2) is 4.98 Å². The molecular weight excluding hydrogens is 362 g/mol. The van der Waals surface area contributed by atoms with Gasteiger partial charge in [-0.2, -0.15) is 0 Å². The third-order valence-corrected chi connectivity index (χ3v) is 6.46. The molecule has 0 bridgehead atoms. The summed E-state index contributed by atoms with van der Waals surface area (Å²) in [6.45, 7) is 0.608. The van der Waals surface area contributed by atoms with Crippen LogP contribution in [-0.2, 0) is 11.3 Å². The van der Waals surface area contributed by atoms with Gasteiger partial charge in [0.25, 0.3) is 5.56 Å². The molecule has 2 aliphatic heterocycles. The van der Waals surface area contributed by atoms with Crippen molar-refractivity contribution in [3.05, 3.63) is 40.4 Å². The van der Waals surface area contributed by atoms with E-state index in [-0.39, 0.29) is 18.3 Å². The predicted molar refractivity (Wildman–Crippen MR) is 94.9 cm³/mol. The van der Waals surface area contributed by atoms with E-state index in [1.807, 2.05) is 18.2 Å². The Bertz CT molecular complexity index is 1090. The minimum Gasteiger partial charge on any atom is -0.454 e. The first-order valence-corrected chi connectivity index (χ1v) is 9.32.